The molecule has 2 aromatic heterocycles. The summed E-state index contributed by atoms with van der Waals surface area (Å²) in [6, 6.07) is 23.7. The fraction of sp³-hybridized carbons (Fsp3) is 0.314. The zero-order valence-electron chi connectivity index (χ0n) is 24.1. The molecule has 3 heterocycles. The van der Waals surface area contributed by atoms with Gasteiger partial charge in [-0.3, -0.25) is 0 Å². The third-order valence-corrected chi connectivity index (χ3v) is 9.68. The number of fused-ring (bicyclic) bond motifs is 11. The molecule has 0 saturated carbocycles. The Bertz CT molecular complexity index is 1980. The number of hydrogen-bond acceptors (Lipinski definition) is 3. The Morgan fingerprint density at radius 1 is 0.950 bits per heavy atom. The van der Waals surface area contributed by atoms with E-state index in [0.717, 1.165) is 49.5 Å². The molecule has 202 valence electrons. The maximum Gasteiger partial charge on any atom is 0.288 e. The van der Waals surface area contributed by atoms with Crippen molar-refractivity contribution in [1.82, 2.24) is 9.55 Å². The number of aliphatic hydroxyl groups is 1. The van der Waals surface area contributed by atoms with Gasteiger partial charge < -0.3 is 14.4 Å². The van der Waals surface area contributed by atoms with Gasteiger partial charge in [0, 0.05) is 25.3 Å². The maximum atomic E-state index is 12.8. The van der Waals surface area contributed by atoms with Gasteiger partial charge in [-0.05, 0) is 63.0 Å². The molecule has 1 atom stereocenters. The summed E-state index contributed by atoms with van der Waals surface area (Å²) >= 11 is 0. The number of aromatic nitrogens is 3. The fourth-order valence-corrected chi connectivity index (χ4v) is 7.64. The third-order valence-electron chi connectivity index (χ3n) is 9.68. The van der Waals surface area contributed by atoms with Crippen molar-refractivity contribution in [2.45, 2.75) is 57.8 Å². The molecule has 1 N–H and O–H groups in total. The van der Waals surface area contributed by atoms with E-state index in [1.807, 2.05) is 6.33 Å². The van der Waals surface area contributed by atoms with Crippen LogP contribution in [0.15, 0.2) is 73.1 Å². The molecule has 0 aliphatic carbocycles. The van der Waals surface area contributed by atoms with Crippen LogP contribution in [0.1, 0.15) is 57.6 Å². The molecule has 40 heavy (non-hydrogen) atoms. The summed E-state index contributed by atoms with van der Waals surface area (Å²) in [4.78, 5) is 5.15. The average Bonchev–Trinajstić information content (AvgIpc) is 3.28. The predicted molar refractivity (Wildman–Crippen MR) is 162 cm³/mol. The smallest absolute Gasteiger partial charge is 0.288 e. The molecule has 5 nitrogen and oxygen atoms in total. The third kappa shape index (κ3) is 2.89. The molecule has 0 fully saturated rings. The summed E-state index contributed by atoms with van der Waals surface area (Å²) in [6.45, 7) is 8.75. The van der Waals surface area contributed by atoms with Crippen LogP contribution in [0.25, 0.3) is 54.7 Å². The minimum atomic E-state index is -1.55. The van der Waals surface area contributed by atoms with Crippen molar-refractivity contribution < 1.29 is 14.4 Å². The lowest BCUT2D eigenvalue weighted by Crippen LogP contribution is -2.70. The van der Waals surface area contributed by atoms with Crippen LogP contribution >= 0.6 is 0 Å². The number of hydrogen-bond donors (Lipinski definition) is 1. The lowest BCUT2D eigenvalue weighted by molar-refractivity contribution is -0.791. The van der Waals surface area contributed by atoms with Crippen LogP contribution in [0.2, 0.25) is 0 Å². The Kier molecular flexibility index (Phi) is 5.41. The summed E-state index contributed by atoms with van der Waals surface area (Å²) in [5.41, 5.74) is 6.64. The molecule has 1 aliphatic heterocycles. The van der Waals surface area contributed by atoms with Gasteiger partial charge >= 0.3 is 0 Å². The monoisotopic (exact) mass is 530 g/mol. The normalized spacial score (nSPS) is 18.2. The van der Waals surface area contributed by atoms with E-state index in [9.17, 15) is 5.11 Å². The molecular weight excluding hydrogens is 494 g/mol. The minimum absolute atomic E-state index is 0.303. The van der Waals surface area contributed by atoms with E-state index < -0.39 is 11.3 Å². The molecule has 6 aromatic rings. The van der Waals surface area contributed by atoms with Crippen molar-refractivity contribution in [3.8, 4) is 11.3 Å². The highest BCUT2D eigenvalue weighted by Gasteiger charge is 2.61. The van der Waals surface area contributed by atoms with Crippen LogP contribution in [0.3, 0.4) is 0 Å². The van der Waals surface area contributed by atoms with Crippen LogP contribution < -0.4 is 4.57 Å². The second-order valence-corrected chi connectivity index (χ2v) is 11.6. The Hall–Kier alpha value is -3.80. The summed E-state index contributed by atoms with van der Waals surface area (Å²) in [5.74, 6) is -1.25. The van der Waals surface area contributed by atoms with E-state index in [1.54, 1.807) is 7.11 Å². The van der Waals surface area contributed by atoms with Gasteiger partial charge in [-0.2, -0.15) is 0 Å². The first kappa shape index (κ1) is 25.2. The number of nitrogens with zero attached hydrogens (tertiary/aromatic N) is 3. The van der Waals surface area contributed by atoms with E-state index in [1.165, 1.54) is 16.3 Å². The topological polar surface area (TPSA) is 51.2 Å². The summed E-state index contributed by atoms with van der Waals surface area (Å²) < 4.78 is 10.7. The highest BCUT2D eigenvalue weighted by atomic mass is 16.6. The highest BCUT2D eigenvalue weighted by Crippen LogP contribution is 2.53. The van der Waals surface area contributed by atoms with Gasteiger partial charge in [0.05, 0.1) is 10.9 Å². The van der Waals surface area contributed by atoms with Crippen molar-refractivity contribution in [3.05, 3.63) is 84.2 Å². The molecular formula is C35H36N3O2+. The second kappa shape index (κ2) is 8.60. The molecule has 0 spiro atoms. The first-order valence-electron chi connectivity index (χ1n) is 14.4. The number of rotatable bonds is 4. The Balaban J connectivity index is 1.77. The molecule has 4 aromatic carbocycles. The minimum Gasteiger partial charge on any atom is -0.358 e. The molecule has 1 unspecified atom stereocenters. The van der Waals surface area contributed by atoms with E-state index in [-0.39, 0.29) is 0 Å². The number of methoxy groups -OCH3 is 1. The zero-order valence-corrected chi connectivity index (χ0v) is 24.1. The fourth-order valence-electron chi connectivity index (χ4n) is 7.64. The molecule has 1 aliphatic rings. The number of benzene rings is 4. The standard InChI is InChI=1S/C35H36N3O2/c1-7-34(8-2)35(39,40-6)30-25-16-12-11-15-24(25)26(21(3)4)19-27(30)32-33-31(36-20-38(32)34)29-23-14-10-9-13-22(23)17-18-28(29)37(33)5/h9-21,39H,7-8H2,1-6H3/q+1. The number of aryl methyl sites for hydroxylation is 1. The largest absolute Gasteiger partial charge is 0.358 e. The lowest BCUT2D eigenvalue weighted by Gasteiger charge is -2.48. The highest BCUT2D eigenvalue weighted by molar-refractivity contribution is 6.21. The van der Waals surface area contributed by atoms with Gasteiger partial charge in [-0.1, -0.05) is 82.3 Å². The average molecular weight is 531 g/mol. The summed E-state index contributed by atoms with van der Waals surface area (Å²) in [5, 5.41) is 18.5. The molecule has 0 amide bonds. The van der Waals surface area contributed by atoms with Gasteiger partial charge in [0.15, 0.2) is 11.2 Å². The van der Waals surface area contributed by atoms with Gasteiger partial charge in [-0.25, -0.2) is 4.57 Å². The van der Waals surface area contributed by atoms with Crippen LogP contribution in [0, 0.1) is 0 Å². The van der Waals surface area contributed by atoms with Crippen molar-refractivity contribution in [3.63, 3.8) is 0 Å². The van der Waals surface area contributed by atoms with E-state index in [4.69, 9.17) is 9.72 Å². The van der Waals surface area contributed by atoms with Crippen LogP contribution in [-0.2, 0) is 23.1 Å². The van der Waals surface area contributed by atoms with Crippen molar-refractivity contribution in [1.29, 1.82) is 0 Å². The van der Waals surface area contributed by atoms with Crippen molar-refractivity contribution in [2.24, 2.45) is 7.05 Å². The first-order chi connectivity index (χ1) is 19.3. The maximum absolute atomic E-state index is 12.8. The van der Waals surface area contributed by atoms with Crippen LogP contribution in [-0.4, -0.2) is 21.8 Å². The van der Waals surface area contributed by atoms with Crippen molar-refractivity contribution in [2.75, 3.05) is 7.11 Å². The van der Waals surface area contributed by atoms with E-state index in [2.05, 4.69) is 111 Å². The summed E-state index contributed by atoms with van der Waals surface area (Å²) in [7, 11) is 3.78. The van der Waals surface area contributed by atoms with Gasteiger partial charge in [-0.15, -0.1) is 0 Å². The van der Waals surface area contributed by atoms with E-state index in [0.29, 0.717) is 18.8 Å². The first-order valence-corrected chi connectivity index (χ1v) is 14.4. The lowest BCUT2D eigenvalue weighted by atomic mass is 9.71. The molecule has 0 saturated heterocycles. The molecule has 0 radical (unpaired) electrons. The second-order valence-electron chi connectivity index (χ2n) is 11.6. The Morgan fingerprint density at radius 3 is 2.30 bits per heavy atom. The molecule has 0 bridgehead atoms. The van der Waals surface area contributed by atoms with Gasteiger partial charge in [0.25, 0.3) is 6.33 Å². The Morgan fingerprint density at radius 2 is 1.62 bits per heavy atom. The van der Waals surface area contributed by atoms with Gasteiger partial charge in [0.2, 0.25) is 11.3 Å². The van der Waals surface area contributed by atoms with Gasteiger partial charge in [0.1, 0.15) is 5.52 Å². The summed E-state index contributed by atoms with van der Waals surface area (Å²) in [6.07, 6.45) is 3.29. The molecule has 5 heteroatoms. The number of ether oxygens (including phenoxy) is 1. The quantitative estimate of drug-likeness (QED) is 0.190. The van der Waals surface area contributed by atoms with Crippen LogP contribution in [0.5, 0.6) is 0 Å². The Labute approximate surface area is 234 Å². The molecule has 7 rings (SSSR count). The SMILES string of the molecule is CCC1(CC)[n+]2cnc3c4c5ccccc5ccc4n(C)c3c2-c2cc(C(C)C)c3ccccc3c2C1(O)OC. The van der Waals surface area contributed by atoms with E-state index >= 15 is 0 Å². The predicted octanol–water partition coefficient (Wildman–Crippen LogP) is 7.43. The van der Waals surface area contributed by atoms with Crippen LogP contribution in [0.4, 0.5) is 0 Å². The zero-order chi connectivity index (χ0) is 28.0. The van der Waals surface area contributed by atoms with Crippen molar-refractivity contribution >= 4 is 43.5 Å².